The van der Waals surface area contributed by atoms with E-state index in [4.69, 9.17) is 9.47 Å². The highest BCUT2D eigenvalue weighted by Crippen LogP contribution is 2.26. The number of nitrogens with one attached hydrogen (secondary N) is 1. The molecular formula is C20H23N3O3. The number of fused-ring (bicyclic) bond motifs is 1. The first-order valence-electron chi connectivity index (χ1n) is 9.02. The van der Waals surface area contributed by atoms with Crippen molar-refractivity contribution in [2.45, 2.75) is 32.5 Å². The Morgan fingerprint density at radius 3 is 2.73 bits per heavy atom. The van der Waals surface area contributed by atoms with E-state index in [1.165, 1.54) is 0 Å². The molecule has 2 aromatic rings. The highest BCUT2D eigenvalue weighted by Gasteiger charge is 2.23. The van der Waals surface area contributed by atoms with Crippen LogP contribution in [0.1, 0.15) is 29.8 Å². The molecule has 1 saturated heterocycles. The average molecular weight is 353 g/mol. The summed E-state index contributed by atoms with van der Waals surface area (Å²) in [6, 6.07) is 9.38. The second kappa shape index (κ2) is 6.96. The lowest BCUT2D eigenvalue weighted by molar-refractivity contribution is -0.00545. The van der Waals surface area contributed by atoms with Gasteiger partial charge >= 0.3 is 0 Å². The van der Waals surface area contributed by atoms with Crippen LogP contribution >= 0.6 is 0 Å². The van der Waals surface area contributed by atoms with E-state index in [-0.39, 0.29) is 18.1 Å². The summed E-state index contributed by atoms with van der Waals surface area (Å²) < 4.78 is 11.2. The number of nitrogens with zero attached hydrogens (tertiary/aromatic N) is 2. The van der Waals surface area contributed by atoms with E-state index < -0.39 is 0 Å². The van der Waals surface area contributed by atoms with Crippen LogP contribution in [0.25, 0.3) is 0 Å². The number of pyridine rings is 1. The lowest BCUT2D eigenvalue weighted by Crippen LogP contribution is -2.45. The topological polar surface area (TPSA) is 63.7 Å². The number of hydrogen-bond acceptors (Lipinski definition) is 5. The van der Waals surface area contributed by atoms with E-state index in [2.05, 4.69) is 29.0 Å². The van der Waals surface area contributed by atoms with Crippen molar-refractivity contribution >= 4 is 17.4 Å². The van der Waals surface area contributed by atoms with Crippen LogP contribution in [0.2, 0.25) is 0 Å². The Kier molecular flexibility index (Phi) is 4.51. The molecule has 1 aromatic heterocycles. The summed E-state index contributed by atoms with van der Waals surface area (Å²) >= 11 is 0. The molecule has 2 atom stereocenters. The van der Waals surface area contributed by atoms with E-state index in [9.17, 15) is 4.79 Å². The zero-order valence-electron chi connectivity index (χ0n) is 15.1. The van der Waals surface area contributed by atoms with Gasteiger partial charge in [0.1, 0.15) is 11.6 Å². The van der Waals surface area contributed by atoms with Gasteiger partial charge in [-0.2, -0.15) is 0 Å². The van der Waals surface area contributed by atoms with Gasteiger partial charge in [0.15, 0.2) is 0 Å². The smallest absolute Gasteiger partial charge is 0.255 e. The molecule has 1 aromatic carbocycles. The number of morpholine rings is 1. The fourth-order valence-corrected chi connectivity index (χ4v) is 3.54. The molecule has 136 valence electrons. The summed E-state index contributed by atoms with van der Waals surface area (Å²) in [5.41, 5.74) is 2.40. The van der Waals surface area contributed by atoms with E-state index in [0.29, 0.717) is 17.9 Å². The molecule has 0 aliphatic carbocycles. The van der Waals surface area contributed by atoms with Crippen molar-refractivity contribution in [1.82, 2.24) is 4.98 Å². The first-order chi connectivity index (χ1) is 12.6. The molecule has 1 amide bonds. The third kappa shape index (κ3) is 3.51. The minimum Gasteiger partial charge on any atom is -0.493 e. The normalized spacial score (nSPS) is 21.8. The number of carbonyl (C=O) groups excluding carboxylic acids is 1. The van der Waals surface area contributed by atoms with Crippen LogP contribution in [-0.4, -0.2) is 42.8 Å². The van der Waals surface area contributed by atoms with E-state index in [0.717, 1.165) is 36.6 Å². The Balaban J connectivity index is 1.43. The molecule has 26 heavy (non-hydrogen) atoms. The highest BCUT2D eigenvalue weighted by atomic mass is 16.5. The fourth-order valence-electron chi connectivity index (χ4n) is 3.54. The van der Waals surface area contributed by atoms with E-state index in [1.54, 1.807) is 12.3 Å². The summed E-state index contributed by atoms with van der Waals surface area (Å²) in [5, 5.41) is 2.91. The lowest BCUT2D eigenvalue weighted by atomic mass is 10.1. The monoisotopic (exact) mass is 353 g/mol. The molecule has 0 radical (unpaired) electrons. The van der Waals surface area contributed by atoms with Gasteiger partial charge in [0.2, 0.25) is 0 Å². The molecule has 6 heteroatoms. The fraction of sp³-hybridized carbons (Fsp3) is 0.400. The lowest BCUT2D eigenvalue weighted by Gasteiger charge is -2.36. The summed E-state index contributed by atoms with van der Waals surface area (Å²) in [7, 11) is 0. The Morgan fingerprint density at radius 2 is 2.00 bits per heavy atom. The number of amides is 1. The van der Waals surface area contributed by atoms with Crippen molar-refractivity contribution in [2.75, 3.05) is 29.9 Å². The summed E-state index contributed by atoms with van der Waals surface area (Å²) in [4.78, 5) is 19.2. The Hall–Kier alpha value is -2.60. The SMILES string of the molecule is C[C@@H]1CN(c2ccc(NC(=O)c3ccc4c(c3)CCO4)cn2)C[C@@H](C)O1. The van der Waals surface area contributed by atoms with Crippen LogP contribution in [0.3, 0.4) is 0 Å². The standard InChI is InChI=1S/C20H23N3O3/c1-13-11-23(12-14(2)26-13)19-6-4-17(10-21-19)22-20(24)16-3-5-18-15(9-16)7-8-25-18/h3-6,9-10,13-14H,7-8,11-12H2,1-2H3,(H,22,24)/t13-,14-/m1/s1. The van der Waals surface area contributed by atoms with Crippen LogP contribution in [0, 0.1) is 0 Å². The van der Waals surface area contributed by atoms with Crippen LogP contribution in [0.15, 0.2) is 36.5 Å². The van der Waals surface area contributed by atoms with E-state index >= 15 is 0 Å². The van der Waals surface area contributed by atoms with E-state index in [1.807, 2.05) is 24.3 Å². The van der Waals surface area contributed by atoms with Crippen molar-refractivity contribution in [3.8, 4) is 5.75 Å². The Bertz CT molecular complexity index is 796. The van der Waals surface area contributed by atoms with Gasteiger partial charge < -0.3 is 19.7 Å². The van der Waals surface area contributed by atoms with Gasteiger partial charge in [-0.25, -0.2) is 4.98 Å². The molecule has 2 aliphatic heterocycles. The Morgan fingerprint density at radius 1 is 1.19 bits per heavy atom. The molecule has 1 fully saturated rings. The third-order valence-electron chi connectivity index (χ3n) is 4.70. The quantitative estimate of drug-likeness (QED) is 0.919. The first kappa shape index (κ1) is 16.8. The van der Waals surface area contributed by atoms with Gasteiger partial charge in [0.05, 0.1) is 30.7 Å². The largest absolute Gasteiger partial charge is 0.493 e. The molecule has 0 bridgehead atoms. The predicted molar refractivity (Wildman–Crippen MR) is 100 cm³/mol. The maximum Gasteiger partial charge on any atom is 0.255 e. The molecule has 0 spiro atoms. The van der Waals surface area contributed by atoms with Gasteiger partial charge in [0, 0.05) is 25.1 Å². The molecule has 0 unspecified atom stereocenters. The summed E-state index contributed by atoms with van der Waals surface area (Å²) in [5.74, 6) is 1.64. The second-order valence-electron chi connectivity index (χ2n) is 6.94. The first-order valence-corrected chi connectivity index (χ1v) is 9.02. The highest BCUT2D eigenvalue weighted by molar-refractivity contribution is 6.04. The molecule has 0 saturated carbocycles. The second-order valence-corrected chi connectivity index (χ2v) is 6.94. The van der Waals surface area contributed by atoms with Gasteiger partial charge in [-0.05, 0) is 49.7 Å². The minimum atomic E-state index is -0.136. The number of benzene rings is 1. The van der Waals surface area contributed by atoms with Crippen LogP contribution in [0.4, 0.5) is 11.5 Å². The summed E-state index contributed by atoms with van der Waals surface area (Å²) in [6.45, 7) is 6.46. The van der Waals surface area contributed by atoms with Crippen molar-refractivity contribution < 1.29 is 14.3 Å². The van der Waals surface area contributed by atoms with Crippen LogP contribution in [0.5, 0.6) is 5.75 Å². The van der Waals surface area contributed by atoms with Gasteiger partial charge in [-0.1, -0.05) is 0 Å². The molecular weight excluding hydrogens is 330 g/mol. The van der Waals surface area contributed by atoms with Crippen molar-refractivity contribution in [1.29, 1.82) is 0 Å². The van der Waals surface area contributed by atoms with Crippen molar-refractivity contribution in [3.63, 3.8) is 0 Å². The predicted octanol–water partition coefficient (Wildman–Crippen LogP) is 2.88. The molecule has 3 heterocycles. The van der Waals surface area contributed by atoms with Gasteiger partial charge in [-0.15, -0.1) is 0 Å². The number of anilines is 2. The molecule has 4 rings (SSSR count). The molecule has 2 aliphatic rings. The van der Waals surface area contributed by atoms with Crippen LogP contribution < -0.4 is 15.0 Å². The van der Waals surface area contributed by atoms with Crippen molar-refractivity contribution in [3.05, 3.63) is 47.7 Å². The zero-order chi connectivity index (χ0) is 18.1. The van der Waals surface area contributed by atoms with Gasteiger partial charge in [0.25, 0.3) is 5.91 Å². The van der Waals surface area contributed by atoms with Gasteiger partial charge in [-0.3, -0.25) is 4.79 Å². The maximum atomic E-state index is 12.5. The number of hydrogen-bond donors (Lipinski definition) is 1. The number of aromatic nitrogens is 1. The number of carbonyl (C=O) groups is 1. The zero-order valence-corrected chi connectivity index (χ0v) is 15.1. The minimum absolute atomic E-state index is 0.136. The van der Waals surface area contributed by atoms with Crippen LogP contribution in [-0.2, 0) is 11.2 Å². The number of rotatable bonds is 3. The summed E-state index contributed by atoms with van der Waals surface area (Å²) in [6.07, 6.45) is 2.92. The molecule has 1 N–H and O–H groups in total. The van der Waals surface area contributed by atoms with Crippen molar-refractivity contribution in [2.24, 2.45) is 0 Å². The molecule has 6 nitrogen and oxygen atoms in total. The average Bonchev–Trinajstić information content (AvgIpc) is 3.09. The maximum absolute atomic E-state index is 12.5. The number of ether oxygens (including phenoxy) is 2. The Labute approximate surface area is 153 Å². The third-order valence-corrected chi connectivity index (χ3v) is 4.70.